The smallest absolute Gasteiger partial charge is 0.226 e. The molecular weight excluding hydrogens is 236 g/mol. The molecule has 1 atom stereocenters. The monoisotopic (exact) mass is 258 g/mol. The largest absolute Gasteiger partial charge is 0.399 e. The number of rotatable bonds is 5. The molecule has 3 rings (SSSR count). The van der Waals surface area contributed by atoms with Gasteiger partial charge in [-0.05, 0) is 49.3 Å². The zero-order valence-electron chi connectivity index (χ0n) is 11.5. The highest BCUT2D eigenvalue weighted by Crippen LogP contribution is 2.39. The summed E-state index contributed by atoms with van der Waals surface area (Å²) in [6, 6.07) is 8.35. The van der Waals surface area contributed by atoms with Gasteiger partial charge < -0.3 is 10.6 Å². The molecule has 1 unspecified atom stereocenters. The van der Waals surface area contributed by atoms with Crippen molar-refractivity contribution >= 4 is 11.6 Å². The number of anilines is 1. The highest BCUT2D eigenvalue weighted by molar-refractivity contribution is 5.79. The van der Waals surface area contributed by atoms with E-state index >= 15 is 0 Å². The van der Waals surface area contributed by atoms with E-state index < -0.39 is 0 Å². The van der Waals surface area contributed by atoms with Crippen LogP contribution in [-0.4, -0.2) is 16.8 Å². The summed E-state index contributed by atoms with van der Waals surface area (Å²) in [7, 11) is 0. The van der Waals surface area contributed by atoms with Gasteiger partial charge in [-0.3, -0.25) is 4.79 Å². The van der Waals surface area contributed by atoms with Crippen LogP contribution in [0.1, 0.15) is 38.2 Å². The van der Waals surface area contributed by atoms with Gasteiger partial charge in [0, 0.05) is 24.2 Å². The molecule has 0 aromatic heterocycles. The Bertz CT molecular complexity index is 477. The lowest BCUT2D eigenvalue weighted by molar-refractivity contribution is -0.136. The summed E-state index contributed by atoms with van der Waals surface area (Å²) < 4.78 is 0. The van der Waals surface area contributed by atoms with Crippen molar-refractivity contribution in [3.63, 3.8) is 0 Å². The molecule has 3 heteroatoms. The lowest BCUT2D eigenvalue weighted by Gasteiger charge is -2.26. The van der Waals surface area contributed by atoms with E-state index in [1.165, 1.54) is 12.8 Å². The van der Waals surface area contributed by atoms with Gasteiger partial charge in [-0.2, -0.15) is 0 Å². The van der Waals surface area contributed by atoms with Crippen molar-refractivity contribution in [1.82, 2.24) is 4.90 Å². The van der Waals surface area contributed by atoms with Crippen LogP contribution >= 0.6 is 0 Å². The standard InChI is InChI=1S/C16H22N2O/c1-11(13-5-6-13)16(19)18(15-7-8-15)10-12-3-2-4-14(17)9-12/h2-4,9,11,13,15H,5-8,10,17H2,1H3. The third-order valence-electron chi connectivity index (χ3n) is 4.29. The molecule has 0 aliphatic heterocycles. The van der Waals surface area contributed by atoms with Crippen LogP contribution in [0.4, 0.5) is 5.69 Å². The highest BCUT2D eigenvalue weighted by Gasteiger charge is 2.39. The Morgan fingerprint density at radius 1 is 1.37 bits per heavy atom. The van der Waals surface area contributed by atoms with Crippen molar-refractivity contribution in [3.05, 3.63) is 29.8 Å². The fraction of sp³-hybridized carbons (Fsp3) is 0.562. The summed E-state index contributed by atoms with van der Waals surface area (Å²) in [5, 5.41) is 0. The minimum absolute atomic E-state index is 0.196. The molecule has 0 saturated heterocycles. The van der Waals surface area contributed by atoms with Gasteiger partial charge in [0.2, 0.25) is 5.91 Å². The number of hydrogen-bond donors (Lipinski definition) is 1. The molecule has 3 nitrogen and oxygen atoms in total. The molecule has 0 heterocycles. The van der Waals surface area contributed by atoms with Crippen LogP contribution in [0.2, 0.25) is 0 Å². The van der Waals surface area contributed by atoms with Gasteiger partial charge in [0.05, 0.1) is 0 Å². The predicted octanol–water partition coefficient (Wildman–Crippen LogP) is 2.81. The number of carbonyl (C=O) groups is 1. The van der Waals surface area contributed by atoms with E-state index in [0.29, 0.717) is 24.4 Å². The Morgan fingerprint density at radius 3 is 2.68 bits per heavy atom. The van der Waals surface area contributed by atoms with Gasteiger partial charge in [0.25, 0.3) is 0 Å². The van der Waals surface area contributed by atoms with Gasteiger partial charge in [-0.25, -0.2) is 0 Å². The van der Waals surface area contributed by atoms with E-state index in [1.54, 1.807) is 0 Å². The number of hydrogen-bond acceptors (Lipinski definition) is 2. The highest BCUT2D eigenvalue weighted by atomic mass is 16.2. The summed E-state index contributed by atoms with van der Waals surface area (Å²) in [5.74, 6) is 1.17. The molecular formula is C16H22N2O. The van der Waals surface area contributed by atoms with Crippen molar-refractivity contribution in [2.45, 2.75) is 45.2 Å². The van der Waals surface area contributed by atoms with E-state index in [0.717, 1.165) is 24.1 Å². The Hall–Kier alpha value is -1.51. The minimum Gasteiger partial charge on any atom is -0.399 e. The van der Waals surface area contributed by atoms with Gasteiger partial charge in [-0.15, -0.1) is 0 Å². The SMILES string of the molecule is CC(C(=O)N(Cc1cccc(N)c1)C1CC1)C1CC1. The number of carbonyl (C=O) groups excluding carboxylic acids is 1. The van der Waals surface area contributed by atoms with Gasteiger partial charge in [0.15, 0.2) is 0 Å². The number of amides is 1. The van der Waals surface area contributed by atoms with Crippen LogP contribution in [0.3, 0.4) is 0 Å². The molecule has 2 fully saturated rings. The van der Waals surface area contributed by atoms with Gasteiger partial charge in [0.1, 0.15) is 0 Å². The second-order valence-corrected chi connectivity index (χ2v) is 6.07. The fourth-order valence-corrected chi connectivity index (χ4v) is 2.72. The minimum atomic E-state index is 0.196. The third kappa shape index (κ3) is 2.91. The van der Waals surface area contributed by atoms with E-state index in [1.807, 2.05) is 18.2 Å². The van der Waals surface area contributed by atoms with Crippen molar-refractivity contribution in [3.8, 4) is 0 Å². The van der Waals surface area contributed by atoms with Gasteiger partial charge >= 0.3 is 0 Å². The maximum absolute atomic E-state index is 12.6. The second-order valence-electron chi connectivity index (χ2n) is 6.07. The van der Waals surface area contributed by atoms with Crippen LogP contribution in [-0.2, 0) is 11.3 Å². The maximum Gasteiger partial charge on any atom is 0.226 e. The maximum atomic E-state index is 12.6. The zero-order valence-corrected chi connectivity index (χ0v) is 11.5. The second kappa shape index (κ2) is 4.87. The molecule has 19 heavy (non-hydrogen) atoms. The van der Waals surface area contributed by atoms with E-state index in [2.05, 4.69) is 17.9 Å². The van der Waals surface area contributed by atoms with Gasteiger partial charge in [-0.1, -0.05) is 19.1 Å². The normalized spacial score (nSPS) is 20.1. The first-order valence-corrected chi connectivity index (χ1v) is 7.30. The molecule has 0 radical (unpaired) electrons. The average molecular weight is 258 g/mol. The first-order chi connectivity index (χ1) is 9.15. The predicted molar refractivity (Wildman–Crippen MR) is 76.3 cm³/mol. The van der Waals surface area contributed by atoms with Crippen LogP contribution in [0, 0.1) is 11.8 Å². The molecule has 1 aromatic carbocycles. The third-order valence-corrected chi connectivity index (χ3v) is 4.29. The lowest BCUT2D eigenvalue weighted by Crippen LogP contribution is -2.37. The van der Waals surface area contributed by atoms with Crippen molar-refractivity contribution in [2.24, 2.45) is 11.8 Å². The molecule has 1 amide bonds. The molecule has 2 N–H and O–H groups in total. The van der Waals surface area contributed by atoms with Crippen molar-refractivity contribution in [1.29, 1.82) is 0 Å². The average Bonchev–Trinajstić information content (AvgIpc) is 3.28. The van der Waals surface area contributed by atoms with Crippen LogP contribution in [0.15, 0.2) is 24.3 Å². The zero-order chi connectivity index (χ0) is 13.4. The summed E-state index contributed by atoms with van der Waals surface area (Å²) in [6.45, 7) is 2.81. The molecule has 2 aliphatic rings. The molecule has 0 bridgehead atoms. The number of nitrogens with zero attached hydrogens (tertiary/aromatic N) is 1. The van der Waals surface area contributed by atoms with E-state index in [9.17, 15) is 4.79 Å². The number of benzene rings is 1. The Kier molecular flexibility index (Phi) is 3.21. The Labute approximate surface area is 114 Å². The van der Waals surface area contributed by atoms with Crippen LogP contribution in [0.5, 0.6) is 0 Å². The first-order valence-electron chi connectivity index (χ1n) is 7.30. The van der Waals surface area contributed by atoms with Crippen LogP contribution < -0.4 is 5.73 Å². The number of nitrogen functional groups attached to an aromatic ring is 1. The summed E-state index contributed by atoms with van der Waals surface area (Å²) in [5.41, 5.74) is 7.73. The summed E-state index contributed by atoms with van der Waals surface area (Å²) >= 11 is 0. The lowest BCUT2D eigenvalue weighted by atomic mass is 10.0. The van der Waals surface area contributed by atoms with E-state index in [4.69, 9.17) is 5.73 Å². The Morgan fingerprint density at radius 2 is 2.11 bits per heavy atom. The summed E-state index contributed by atoms with van der Waals surface area (Å²) in [6.07, 6.45) is 4.77. The fourth-order valence-electron chi connectivity index (χ4n) is 2.72. The molecule has 0 spiro atoms. The molecule has 2 saturated carbocycles. The topological polar surface area (TPSA) is 46.3 Å². The quantitative estimate of drug-likeness (QED) is 0.825. The number of nitrogens with two attached hydrogens (primary N) is 1. The van der Waals surface area contributed by atoms with Crippen LogP contribution in [0.25, 0.3) is 0 Å². The molecule has 1 aromatic rings. The van der Waals surface area contributed by atoms with Crippen molar-refractivity contribution in [2.75, 3.05) is 5.73 Å². The first kappa shape index (κ1) is 12.5. The van der Waals surface area contributed by atoms with E-state index in [-0.39, 0.29) is 5.92 Å². The summed E-state index contributed by atoms with van der Waals surface area (Å²) in [4.78, 5) is 14.7. The van der Waals surface area contributed by atoms with Crippen molar-refractivity contribution < 1.29 is 4.79 Å². The molecule has 2 aliphatic carbocycles. The molecule has 102 valence electrons. The Balaban J connectivity index is 1.72.